The average molecular weight is 483 g/mol. The number of hydrogen-bond acceptors (Lipinski definition) is 5. The van der Waals surface area contributed by atoms with Crippen molar-refractivity contribution in [3.05, 3.63) is 98.8 Å². The van der Waals surface area contributed by atoms with Crippen LogP contribution in [0.2, 0.25) is 10.0 Å². The minimum atomic E-state index is -0.877. The zero-order chi connectivity index (χ0) is 23.7. The number of amides is 1. The molecular weight excluding hydrogens is 463 g/mol. The molecule has 1 N–H and O–H groups in total. The van der Waals surface area contributed by atoms with Crippen molar-refractivity contribution in [1.29, 1.82) is 0 Å². The van der Waals surface area contributed by atoms with Crippen molar-refractivity contribution >= 4 is 40.7 Å². The van der Waals surface area contributed by atoms with Gasteiger partial charge in [-0.15, -0.1) is 0 Å². The van der Waals surface area contributed by atoms with E-state index in [9.17, 15) is 14.7 Å². The summed E-state index contributed by atoms with van der Waals surface area (Å²) in [5.41, 5.74) is 2.46. The third kappa shape index (κ3) is 4.32. The maximum atomic E-state index is 13.2. The summed E-state index contributed by atoms with van der Waals surface area (Å²) in [6, 6.07) is 12.8. The number of ketones is 1. The molecule has 1 atom stereocenters. The van der Waals surface area contributed by atoms with Crippen LogP contribution in [0.3, 0.4) is 0 Å². The number of methoxy groups -OCH3 is 1. The Morgan fingerprint density at radius 3 is 2.45 bits per heavy atom. The summed E-state index contributed by atoms with van der Waals surface area (Å²) >= 11 is 12.4. The molecule has 1 unspecified atom stereocenters. The Kier molecular flexibility index (Phi) is 6.40. The number of Topliss-reactive ketones (excluding diaryl/α,β-unsaturated/α-hetero) is 1. The van der Waals surface area contributed by atoms with Gasteiger partial charge in [-0.3, -0.25) is 14.6 Å². The number of nitrogens with zero attached hydrogens (tertiary/aromatic N) is 2. The molecule has 8 heteroatoms. The van der Waals surface area contributed by atoms with Crippen LogP contribution in [0, 0.1) is 6.92 Å². The summed E-state index contributed by atoms with van der Waals surface area (Å²) < 4.78 is 5.39. The normalized spacial score (nSPS) is 17.5. The molecule has 0 spiro atoms. The van der Waals surface area contributed by atoms with Gasteiger partial charge in [-0.1, -0.05) is 40.9 Å². The van der Waals surface area contributed by atoms with Crippen molar-refractivity contribution in [2.24, 2.45) is 0 Å². The maximum absolute atomic E-state index is 13.2. The number of likely N-dealkylation sites (tertiary alicyclic amines) is 1. The standard InChI is InChI=1S/C25H20Cl2N2O4/c1-14-3-6-20(33-2)17(11-14)23(30)21-22(16-4-5-18(26)19(27)12-16)29(25(32)24(21)31)13-15-7-9-28-10-8-15/h3-12,22,30H,13H2,1-2H3/b23-21+. The highest BCUT2D eigenvalue weighted by molar-refractivity contribution is 6.46. The fraction of sp³-hybridized carbons (Fsp3) is 0.160. The van der Waals surface area contributed by atoms with Crippen LogP contribution in [0.25, 0.3) is 5.76 Å². The third-order valence-electron chi connectivity index (χ3n) is 5.51. The highest BCUT2D eigenvalue weighted by Crippen LogP contribution is 2.43. The number of benzene rings is 2. The Labute approximate surface area is 201 Å². The molecule has 1 fully saturated rings. The fourth-order valence-electron chi connectivity index (χ4n) is 3.91. The van der Waals surface area contributed by atoms with Crippen LogP contribution < -0.4 is 4.74 Å². The van der Waals surface area contributed by atoms with Crippen LogP contribution in [-0.4, -0.2) is 33.8 Å². The zero-order valence-corrected chi connectivity index (χ0v) is 19.4. The average Bonchev–Trinajstić information content (AvgIpc) is 3.06. The predicted molar refractivity (Wildman–Crippen MR) is 126 cm³/mol. The molecule has 1 aromatic heterocycles. The molecule has 1 aliphatic heterocycles. The van der Waals surface area contributed by atoms with Crippen LogP contribution in [0.5, 0.6) is 5.75 Å². The molecule has 0 bridgehead atoms. The molecule has 0 aliphatic carbocycles. The first kappa shape index (κ1) is 22.8. The van der Waals surface area contributed by atoms with Gasteiger partial charge in [0.2, 0.25) is 0 Å². The molecule has 168 valence electrons. The number of pyridine rings is 1. The van der Waals surface area contributed by atoms with Crippen LogP contribution in [0.1, 0.15) is 28.3 Å². The van der Waals surface area contributed by atoms with Crippen LogP contribution in [0.4, 0.5) is 0 Å². The van der Waals surface area contributed by atoms with E-state index >= 15 is 0 Å². The number of carbonyl (C=O) groups is 2. The van der Waals surface area contributed by atoms with Crippen molar-refractivity contribution < 1.29 is 19.4 Å². The lowest BCUT2D eigenvalue weighted by molar-refractivity contribution is -0.140. The lowest BCUT2D eigenvalue weighted by Gasteiger charge is -2.26. The van der Waals surface area contributed by atoms with E-state index in [1.54, 1.807) is 54.9 Å². The SMILES string of the molecule is COc1ccc(C)cc1/C(O)=C1\C(=O)C(=O)N(Cc2ccncc2)C1c1ccc(Cl)c(Cl)c1. The Balaban J connectivity index is 1.93. The summed E-state index contributed by atoms with van der Waals surface area (Å²) in [4.78, 5) is 31.8. The van der Waals surface area contributed by atoms with Crippen molar-refractivity contribution in [3.8, 4) is 5.75 Å². The van der Waals surface area contributed by atoms with Gasteiger partial charge in [0.05, 0.1) is 34.3 Å². The number of aryl methyl sites for hydroxylation is 1. The van der Waals surface area contributed by atoms with Crippen molar-refractivity contribution in [1.82, 2.24) is 9.88 Å². The largest absolute Gasteiger partial charge is 0.507 e. The predicted octanol–water partition coefficient (Wildman–Crippen LogP) is 5.33. The Morgan fingerprint density at radius 1 is 1.06 bits per heavy atom. The van der Waals surface area contributed by atoms with E-state index in [-0.39, 0.29) is 22.9 Å². The van der Waals surface area contributed by atoms with Gasteiger partial charge >= 0.3 is 0 Å². The van der Waals surface area contributed by atoms with Gasteiger partial charge in [0, 0.05) is 18.9 Å². The molecule has 0 saturated carbocycles. The summed E-state index contributed by atoms with van der Waals surface area (Å²) in [6.45, 7) is 1.99. The van der Waals surface area contributed by atoms with Gasteiger partial charge in [-0.2, -0.15) is 0 Å². The Morgan fingerprint density at radius 2 is 1.79 bits per heavy atom. The first-order valence-corrected chi connectivity index (χ1v) is 10.8. The minimum absolute atomic E-state index is 0.0451. The van der Waals surface area contributed by atoms with E-state index in [2.05, 4.69) is 4.98 Å². The second-order valence-corrected chi connectivity index (χ2v) is 8.47. The second kappa shape index (κ2) is 9.25. The molecule has 2 heterocycles. The molecule has 0 radical (unpaired) electrons. The number of hydrogen-bond donors (Lipinski definition) is 1. The van der Waals surface area contributed by atoms with Gasteiger partial charge in [0.1, 0.15) is 11.5 Å². The lowest BCUT2D eigenvalue weighted by Crippen LogP contribution is -2.29. The number of aromatic nitrogens is 1. The van der Waals surface area contributed by atoms with Crippen molar-refractivity contribution in [2.75, 3.05) is 7.11 Å². The Bertz CT molecular complexity index is 1270. The van der Waals surface area contributed by atoms with Gasteiger partial charge in [-0.25, -0.2) is 0 Å². The fourth-order valence-corrected chi connectivity index (χ4v) is 4.22. The van der Waals surface area contributed by atoms with Gasteiger partial charge in [0.25, 0.3) is 11.7 Å². The monoisotopic (exact) mass is 482 g/mol. The summed E-state index contributed by atoms with van der Waals surface area (Å²) in [5, 5.41) is 11.9. The summed E-state index contributed by atoms with van der Waals surface area (Å²) in [6.07, 6.45) is 3.22. The van der Waals surface area contributed by atoms with Gasteiger partial charge < -0.3 is 14.7 Å². The van der Waals surface area contributed by atoms with E-state index in [1.165, 1.54) is 12.0 Å². The summed E-state index contributed by atoms with van der Waals surface area (Å²) in [5.74, 6) is -1.45. The molecule has 3 aromatic rings. The van der Waals surface area contributed by atoms with Gasteiger partial charge in [0.15, 0.2) is 0 Å². The number of halogens is 2. The molecule has 1 aliphatic rings. The quantitative estimate of drug-likeness (QED) is 0.302. The molecule has 1 amide bonds. The van der Waals surface area contributed by atoms with Crippen molar-refractivity contribution in [2.45, 2.75) is 19.5 Å². The smallest absolute Gasteiger partial charge is 0.295 e. The van der Waals surface area contributed by atoms with E-state index in [1.807, 2.05) is 13.0 Å². The topological polar surface area (TPSA) is 79.7 Å². The number of carbonyl (C=O) groups excluding carboxylic acids is 2. The molecular formula is C25H20Cl2N2O4. The molecule has 1 saturated heterocycles. The van der Waals surface area contributed by atoms with E-state index in [0.29, 0.717) is 21.9 Å². The Hall–Kier alpha value is -3.35. The lowest BCUT2D eigenvalue weighted by atomic mass is 9.94. The second-order valence-electron chi connectivity index (χ2n) is 7.66. The number of aliphatic hydroxyl groups excluding tert-OH is 1. The molecule has 6 nitrogen and oxygen atoms in total. The maximum Gasteiger partial charge on any atom is 0.295 e. The molecule has 2 aromatic carbocycles. The van der Waals surface area contributed by atoms with Crippen LogP contribution in [0.15, 0.2) is 66.5 Å². The van der Waals surface area contributed by atoms with E-state index in [0.717, 1.165) is 11.1 Å². The minimum Gasteiger partial charge on any atom is -0.507 e. The third-order valence-corrected chi connectivity index (χ3v) is 6.25. The number of aliphatic hydroxyl groups is 1. The van der Waals surface area contributed by atoms with Crippen LogP contribution >= 0.6 is 23.2 Å². The van der Waals surface area contributed by atoms with E-state index < -0.39 is 17.7 Å². The first-order valence-electron chi connectivity index (χ1n) is 10.1. The molecule has 33 heavy (non-hydrogen) atoms. The molecule has 4 rings (SSSR count). The van der Waals surface area contributed by atoms with E-state index in [4.69, 9.17) is 27.9 Å². The first-order chi connectivity index (χ1) is 15.8. The number of ether oxygens (including phenoxy) is 1. The zero-order valence-electron chi connectivity index (χ0n) is 17.9. The number of rotatable bonds is 5. The highest BCUT2D eigenvalue weighted by atomic mass is 35.5. The van der Waals surface area contributed by atoms with Crippen molar-refractivity contribution in [3.63, 3.8) is 0 Å². The van der Waals surface area contributed by atoms with Gasteiger partial charge in [-0.05, 0) is 54.4 Å². The van der Waals surface area contributed by atoms with Crippen LogP contribution in [-0.2, 0) is 16.1 Å². The highest BCUT2D eigenvalue weighted by Gasteiger charge is 2.46. The summed E-state index contributed by atoms with van der Waals surface area (Å²) in [7, 11) is 1.47.